The summed E-state index contributed by atoms with van der Waals surface area (Å²) in [5.41, 5.74) is 2.94. The van der Waals surface area contributed by atoms with Gasteiger partial charge in [-0.05, 0) is 79.8 Å². The molecular formula is C23H28O4. The molecular weight excluding hydrogens is 340 g/mol. The minimum Gasteiger partial charge on any atom is -0.458 e. The number of ether oxygens (including phenoxy) is 2. The molecule has 0 aromatic rings. The van der Waals surface area contributed by atoms with Crippen molar-refractivity contribution in [3.8, 4) is 0 Å². The first-order chi connectivity index (χ1) is 13.0. The summed E-state index contributed by atoms with van der Waals surface area (Å²) in [5, 5.41) is 0. The number of carbonyl (C=O) groups excluding carboxylic acids is 2. The molecule has 27 heavy (non-hydrogen) atoms. The fraction of sp³-hybridized carbons (Fsp3) is 0.739. The van der Waals surface area contributed by atoms with E-state index in [1.165, 1.54) is 30.4 Å². The molecule has 2 aliphatic heterocycles. The van der Waals surface area contributed by atoms with Crippen LogP contribution in [0.1, 0.15) is 58.3 Å². The zero-order valence-corrected chi connectivity index (χ0v) is 16.1. The highest BCUT2D eigenvalue weighted by Gasteiger charge is 2.71. The van der Waals surface area contributed by atoms with Gasteiger partial charge in [0.1, 0.15) is 6.61 Å². The molecule has 3 saturated carbocycles. The molecule has 4 heteroatoms. The Labute approximate surface area is 160 Å². The highest BCUT2D eigenvalue weighted by Crippen LogP contribution is 2.73. The monoisotopic (exact) mass is 368 g/mol. The van der Waals surface area contributed by atoms with Crippen LogP contribution in [0.15, 0.2) is 23.3 Å². The molecule has 4 nitrogen and oxygen atoms in total. The molecule has 1 spiro atoms. The Balaban J connectivity index is 1.39. The van der Waals surface area contributed by atoms with E-state index in [4.69, 9.17) is 9.47 Å². The van der Waals surface area contributed by atoms with Crippen LogP contribution in [0.25, 0.3) is 0 Å². The van der Waals surface area contributed by atoms with Crippen LogP contribution in [0.3, 0.4) is 0 Å². The summed E-state index contributed by atoms with van der Waals surface area (Å²) >= 11 is 0. The van der Waals surface area contributed by atoms with Crippen LogP contribution >= 0.6 is 0 Å². The van der Waals surface area contributed by atoms with Gasteiger partial charge in [0.05, 0.1) is 12.2 Å². The van der Waals surface area contributed by atoms with Crippen molar-refractivity contribution in [3.63, 3.8) is 0 Å². The van der Waals surface area contributed by atoms with Gasteiger partial charge in [0, 0.05) is 17.9 Å². The largest absolute Gasteiger partial charge is 0.458 e. The first-order valence-electron chi connectivity index (χ1n) is 10.7. The molecule has 144 valence electrons. The van der Waals surface area contributed by atoms with E-state index in [1.807, 2.05) is 6.08 Å². The van der Waals surface area contributed by atoms with Crippen molar-refractivity contribution in [2.45, 2.75) is 63.9 Å². The summed E-state index contributed by atoms with van der Waals surface area (Å²) in [5.74, 6) is 1.73. The lowest BCUT2D eigenvalue weighted by atomic mass is 9.46. The van der Waals surface area contributed by atoms with Crippen molar-refractivity contribution in [2.24, 2.45) is 28.6 Å². The SMILES string of the molecule is C[C@]12CC[C@@H]3[C@@]45CCC(=O)C=C4CC[C@@]3(OC5)[C@@H]1CC[C@@H]2C1=CC(=O)OC1. The molecule has 6 rings (SSSR count). The number of hydrogen-bond acceptors (Lipinski definition) is 4. The van der Waals surface area contributed by atoms with Gasteiger partial charge < -0.3 is 9.47 Å². The Morgan fingerprint density at radius 1 is 1.00 bits per heavy atom. The average Bonchev–Trinajstić information content (AvgIpc) is 3.28. The number of carbonyl (C=O) groups is 2. The molecule has 2 bridgehead atoms. The number of fused-ring (bicyclic) bond motifs is 1. The zero-order chi connectivity index (χ0) is 18.4. The van der Waals surface area contributed by atoms with E-state index in [0.717, 1.165) is 32.3 Å². The van der Waals surface area contributed by atoms with Gasteiger partial charge in [0.2, 0.25) is 0 Å². The summed E-state index contributed by atoms with van der Waals surface area (Å²) in [6.45, 7) is 3.76. The lowest BCUT2D eigenvalue weighted by molar-refractivity contribution is -0.144. The molecule has 0 radical (unpaired) electrons. The molecule has 6 atom stereocenters. The number of esters is 1. The normalized spacial score (nSPS) is 50.5. The molecule has 4 fully saturated rings. The van der Waals surface area contributed by atoms with Gasteiger partial charge in [-0.2, -0.15) is 0 Å². The quantitative estimate of drug-likeness (QED) is 0.662. The maximum absolute atomic E-state index is 12.0. The summed E-state index contributed by atoms with van der Waals surface area (Å²) in [4.78, 5) is 23.7. The first-order valence-corrected chi connectivity index (χ1v) is 10.7. The molecule has 2 heterocycles. The van der Waals surface area contributed by atoms with Gasteiger partial charge in [0.15, 0.2) is 5.78 Å². The summed E-state index contributed by atoms with van der Waals surface area (Å²) < 4.78 is 12.1. The van der Waals surface area contributed by atoms with E-state index in [0.29, 0.717) is 36.6 Å². The smallest absolute Gasteiger partial charge is 0.331 e. The maximum atomic E-state index is 12.0. The first kappa shape index (κ1) is 16.5. The van der Waals surface area contributed by atoms with Crippen molar-refractivity contribution in [1.82, 2.24) is 0 Å². The summed E-state index contributed by atoms with van der Waals surface area (Å²) in [7, 11) is 0. The van der Waals surface area contributed by atoms with Gasteiger partial charge in [-0.3, -0.25) is 4.79 Å². The zero-order valence-electron chi connectivity index (χ0n) is 16.1. The van der Waals surface area contributed by atoms with E-state index < -0.39 is 0 Å². The van der Waals surface area contributed by atoms with E-state index in [9.17, 15) is 9.59 Å². The van der Waals surface area contributed by atoms with Crippen molar-refractivity contribution < 1.29 is 19.1 Å². The van der Waals surface area contributed by atoms with Gasteiger partial charge >= 0.3 is 5.97 Å². The highest BCUT2D eigenvalue weighted by atomic mass is 16.5. The third-order valence-electron chi connectivity index (χ3n) is 9.46. The number of hydrogen-bond donors (Lipinski definition) is 0. The van der Waals surface area contributed by atoms with Gasteiger partial charge in [-0.15, -0.1) is 0 Å². The number of cyclic esters (lactones) is 1. The molecule has 0 amide bonds. The minimum absolute atomic E-state index is 0.0104. The second-order valence-electron chi connectivity index (χ2n) is 10.1. The summed E-state index contributed by atoms with van der Waals surface area (Å²) in [6, 6.07) is 0. The van der Waals surface area contributed by atoms with Gasteiger partial charge in [-0.1, -0.05) is 12.5 Å². The minimum atomic E-state index is -0.167. The maximum Gasteiger partial charge on any atom is 0.331 e. The van der Waals surface area contributed by atoms with Crippen LogP contribution in [0.4, 0.5) is 0 Å². The molecule has 0 aromatic carbocycles. The molecule has 0 unspecified atom stereocenters. The Hall–Kier alpha value is -1.42. The van der Waals surface area contributed by atoms with E-state index >= 15 is 0 Å². The number of rotatable bonds is 1. The van der Waals surface area contributed by atoms with Crippen molar-refractivity contribution >= 4 is 11.8 Å². The Morgan fingerprint density at radius 3 is 2.70 bits per heavy atom. The van der Waals surface area contributed by atoms with Crippen LogP contribution in [-0.2, 0) is 19.1 Å². The van der Waals surface area contributed by atoms with Crippen LogP contribution in [0.2, 0.25) is 0 Å². The van der Waals surface area contributed by atoms with Crippen LogP contribution in [-0.4, -0.2) is 30.6 Å². The molecule has 6 aliphatic rings. The van der Waals surface area contributed by atoms with E-state index in [1.54, 1.807) is 6.08 Å². The predicted molar refractivity (Wildman–Crippen MR) is 98.8 cm³/mol. The Morgan fingerprint density at radius 2 is 1.89 bits per heavy atom. The topological polar surface area (TPSA) is 52.6 Å². The summed E-state index contributed by atoms with van der Waals surface area (Å²) in [6.07, 6.45) is 12.2. The van der Waals surface area contributed by atoms with Crippen molar-refractivity contribution in [1.29, 1.82) is 0 Å². The lowest BCUT2D eigenvalue weighted by Crippen LogP contribution is -2.58. The predicted octanol–water partition coefficient (Wildman–Crippen LogP) is 3.75. The number of ketones is 1. The third kappa shape index (κ3) is 1.88. The fourth-order valence-electron chi connectivity index (χ4n) is 8.39. The van der Waals surface area contributed by atoms with Crippen LogP contribution in [0.5, 0.6) is 0 Å². The lowest BCUT2D eigenvalue weighted by Gasteiger charge is -2.58. The molecule has 1 saturated heterocycles. The third-order valence-corrected chi connectivity index (χ3v) is 9.46. The molecule has 0 aromatic heterocycles. The second kappa shape index (κ2) is 5.14. The standard InChI is InChI=1S/C23H28O4/c1-21-7-6-19-22-8-5-16(24)11-15(22)4-9-23(19,27-13-22)18(21)3-2-17(21)14-10-20(25)26-12-14/h10-11,17-19H,2-9,12-13H2,1H3/t17-,18-,19-,21-,22-,23-/m1/s1. The Bertz CT molecular complexity index is 809. The van der Waals surface area contributed by atoms with Crippen LogP contribution < -0.4 is 0 Å². The average molecular weight is 368 g/mol. The van der Waals surface area contributed by atoms with Crippen LogP contribution in [0, 0.1) is 28.6 Å². The van der Waals surface area contributed by atoms with E-state index in [-0.39, 0.29) is 22.4 Å². The van der Waals surface area contributed by atoms with Gasteiger partial charge in [0.25, 0.3) is 0 Å². The van der Waals surface area contributed by atoms with E-state index in [2.05, 4.69) is 6.92 Å². The van der Waals surface area contributed by atoms with Gasteiger partial charge in [-0.25, -0.2) is 4.79 Å². The molecule has 0 N–H and O–H groups in total. The Kier molecular flexibility index (Phi) is 3.14. The van der Waals surface area contributed by atoms with Crippen molar-refractivity contribution in [3.05, 3.63) is 23.3 Å². The second-order valence-corrected chi connectivity index (χ2v) is 10.1. The molecule has 4 aliphatic carbocycles. The van der Waals surface area contributed by atoms with Crippen molar-refractivity contribution in [2.75, 3.05) is 13.2 Å². The fourth-order valence-corrected chi connectivity index (χ4v) is 8.39. The highest BCUT2D eigenvalue weighted by molar-refractivity contribution is 5.91.